The Bertz CT molecular complexity index is 1470. The SMILES string of the molecule is C=CCn1c(Cc2csc(NC(=O)c3nn(-c4ccccc4Cl)c(C)cc3=O)n2)n[nH]c1=S. The number of para-hydroxylation sites is 1. The van der Waals surface area contributed by atoms with Gasteiger partial charge in [-0.15, -0.1) is 17.9 Å². The van der Waals surface area contributed by atoms with Crippen LogP contribution in [0.25, 0.3) is 5.69 Å². The van der Waals surface area contributed by atoms with Crippen molar-refractivity contribution in [2.75, 3.05) is 5.32 Å². The molecule has 0 aliphatic carbocycles. The first kappa shape index (κ1) is 22.8. The number of anilines is 1. The molecule has 12 heteroatoms. The summed E-state index contributed by atoms with van der Waals surface area (Å²) in [5, 5.41) is 16.5. The summed E-state index contributed by atoms with van der Waals surface area (Å²) in [7, 11) is 0. The van der Waals surface area contributed by atoms with Crippen LogP contribution in [-0.2, 0) is 13.0 Å². The normalized spacial score (nSPS) is 10.8. The van der Waals surface area contributed by atoms with Gasteiger partial charge in [-0.1, -0.05) is 29.8 Å². The van der Waals surface area contributed by atoms with Gasteiger partial charge in [-0.25, -0.2) is 9.67 Å². The van der Waals surface area contributed by atoms with Crippen molar-refractivity contribution in [1.82, 2.24) is 29.5 Å². The van der Waals surface area contributed by atoms with E-state index in [9.17, 15) is 9.59 Å². The van der Waals surface area contributed by atoms with Gasteiger partial charge < -0.3 is 0 Å². The monoisotopic (exact) mass is 499 g/mol. The molecule has 3 aromatic heterocycles. The standard InChI is InChI=1S/C21H18ClN7O2S2/c1-3-8-28-17(25-26-21(28)32)10-13-11-33-20(23-13)24-19(31)18-16(30)9-12(2)29(27-18)15-7-5-4-6-14(15)22/h3-7,9,11H,1,8,10H2,2H3,(H,26,32)(H,23,24,31). The number of aromatic nitrogens is 6. The first-order valence-electron chi connectivity index (χ1n) is 9.74. The second-order valence-electron chi connectivity index (χ2n) is 6.98. The zero-order valence-corrected chi connectivity index (χ0v) is 19.8. The number of thiazole rings is 1. The van der Waals surface area contributed by atoms with Crippen LogP contribution >= 0.6 is 35.2 Å². The highest BCUT2D eigenvalue weighted by molar-refractivity contribution is 7.71. The lowest BCUT2D eigenvalue weighted by Gasteiger charge is -2.12. The van der Waals surface area contributed by atoms with Gasteiger partial charge in [-0.2, -0.15) is 10.2 Å². The van der Waals surface area contributed by atoms with E-state index in [4.69, 9.17) is 23.8 Å². The van der Waals surface area contributed by atoms with Gasteiger partial charge in [0, 0.05) is 23.7 Å². The summed E-state index contributed by atoms with van der Waals surface area (Å²) in [5.74, 6) is 0.0435. The first-order valence-corrected chi connectivity index (χ1v) is 11.4. The quantitative estimate of drug-likeness (QED) is 0.294. The molecule has 9 nitrogen and oxygen atoms in total. The lowest BCUT2D eigenvalue weighted by Crippen LogP contribution is -2.27. The number of halogens is 1. The van der Waals surface area contributed by atoms with Crippen molar-refractivity contribution < 1.29 is 4.79 Å². The topological polar surface area (TPSA) is 110 Å². The van der Waals surface area contributed by atoms with Crippen molar-refractivity contribution in [3.8, 4) is 5.69 Å². The lowest BCUT2D eigenvalue weighted by molar-refractivity contribution is 0.101. The van der Waals surface area contributed by atoms with Crippen molar-refractivity contribution in [2.45, 2.75) is 19.9 Å². The van der Waals surface area contributed by atoms with Crippen LogP contribution in [0.15, 0.2) is 53.2 Å². The molecule has 0 aliphatic rings. The van der Waals surface area contributed by atoms with E-state index in [1.165, 1.54) is 22.1 Å². The summed E-state index contributed by atoms with van der Waals surface area (Å²) in [4.78, 5) is 29.7. The van der Waals surface area contributed by atoms with Crippen LogP contribution in [0.2, 0.25) is 5.02 Å². The summed E-state index contributed by atoms with van der Waals surface area (Å²) < 4.78 is 3.77. The van der Waals surface area contributed by atoms with Crippen LogP contribution in [0.3, 0.4) is 0 Å². The highest BCUT2D eigenvalue weighted by Gasteiger charge is 2.18. The molecule has 1 amide bonds. The van der Waals surface area contributed by atoms with Crippen LogP contribution in [0.4, 0.5) is 5.13 Å². The summed E-state index contributed by atoms with van der Waals surface area (Å²) in [6, 6.07) is 8.39. The molecule has 1 aromatic carbocycles. The van der Waals surface area contributed by atoms with Crippen LogP contribution < -0.4 is 10.7 Å². The Morgan fingerprint density at radius 1 is 1.39 bits per heavy atom. The molecule has 4 aromatic rings. The Morgan fingerprint density at radius 2 is 2.18 bits per heavy atom. The maximum Gasteiger partial charge on any atom is 0.281 e. The molecule has 0 aliphatic heterocycles. The molecule has 3 heterocycles. The van der Waals surface area contributed by atoms with E-state index in [1.54, 1.807) is 42.6 Å². The lowest BCUT2D eigenvalue weighted by atomic mass is 10.2. The third-order valence-electron chi connectivity index (χ3n) is 4.66. The van der Waals surface area contributed by atoms with Gasteiger partial charge in [0.15, 0.2) is 15.6 Å². The van der Waals surface area contributed by atoms with E-state index in [-0.39, 0.29) is 5.69 Å². The van der Waals surface area contributed by atoms with Gasteiger partial charge in [0.1, 0.15) is 5.82 Å². The van der Waals surface area contributed by atoms with Crippen LogP contribution in [0.1, 0.15) is 27.7 Å². The van der Waals surface area contributed by atoms with Crippen LogP contribution in [0.5, 0.6) is 0 Å². The van der Waals surface area contributed by atoms with Gasteiger partial charge in [-0.3, -0.25) is 24.6 Å². The summed E-state index contributed by atoms with van der Waals surface area (Å²) in [5.41, 5.74) is 1.05. The maximum atomic E-state index is 12.8. The molecule has 0 fully saturated rings. The Hall–Kier alpha value is -3.41. The fourth-order valence-electron chi connectivity index (χ4n) is 3.14. The largest absolute Gasteiger partial charge is 0.300 e. The molecule has 0 saturated heterocycles. The van der Waals surface area contributed by atoms with Crippen LogP contribution in [0, 0.1) is 11.7 Å². The summed E-state index contributed by atoms with van der Waals surface area (Å²) >= 11 is 12.7. The average Bonchev–Trinajstić information content (AvgIpc) is 3.36. The minimum Gasteiger partial charge on any atom is -0.300 e. The Morgan fingerprint density at radius 3 is 2.94 bits per heavy atom. The zero-order valence-electron chi connectivity index (χ0n) is 17.4. The predicted molar refractivity (Wildman–Crippen MR) is 130 cm³/mol. The van der Waals surface area contributed by atoms with Crippen molar-refractivity contribution in [2.24, 2.45) is 0 Å². The van der Waals surface area contributed by atoms with Crippen molar-refractivity contribution >= 4 is 46.2 Å². The van der Waals surface area contributed by atoms with Gasteiger partial charge in [0.05, 0.1) is 22.8 Å². The Labute approximate surface area is 202 Å². The third kappa shape index (κ3) is 4.85. The number of hydrogen-bond acceptors (Lipinski definition) is 7. The van der Waals surface area contributed by atoms with Gasteiger partial charge in [-0.05, 0) is 31.3 Å². The van der Waals surface area contributed by atoms with Crippen LogP contribution in [-0.4, -0.2) is 35.4 Å². The molecule has 0 radical (unpaired) electrons. The minimum atomic E-state index is -0.656. The first-order chi connectivity index (χ1) is 15.9. The number of H-pyrrole nitrogens is 1. The summed E-state index contributed by atoms with van der Waals surface area (Å²) in [6.45, 7) is 5.96. The number of aromatic amines is 1. The Balaban J connectivity index is 1.56. The number of hydrogen-bond donors (Lipinski definition) is 2. The zero-order chi connectivity index (χ0) is 23.5. The molecular formula is C21H18ClN7O2S2. The molecule has 0 saturated carbocycles. The maximum absolute atomic E-state index is 12.8. The number of amides is 1. The van der Waals surface area contributed by atoms with E-state index in [0.717, 1.165) is 0 Å². The van der Waals surface area contributed by atoms with Gasteiger partial charge >= 0.3 is 0 Å². The number of aryl methyl sites for hydroxylation is 1. The number of allylic oxidation sites excluding steroid dienone is 1. The highest BCUT2D eigenvalue weighted by Crippen LogP contribution is 2.21. The molecule has 0 bridgehead atoms. The molecule has 168 valence electrons. The molecule has 4 rings (SSSR count). The fourth-order valence-corrected chi connectivity index (χ4v) is 4.29. The molecule has 0 atom stereocenters. The van der Waals surface area contributed by atoms with E-state index >= 15 is 0 Å². The number of carbonyl (C=O) groups excluding carboxylic acids is 1. The number of nitrogens with one attached hydrogen (secondary N) is 2. The van der Waals surface area contributed by atoms with Crippen molar-refractivity contribution in [3.63, 3.8) is 0 Å². The van der Waals surface area contributed by atoms with Gasteiger partial charge in [0.25, 0.3) is 5.91 Å². The fraction of sp³-hybridized carbons (Fsp3) is 0.143. The number of rotatable bonds is 7. The van der Waals surface area contributed by atoms with E-state index < -0.39 is 11.3 Å². The molecule has 0 spiro atoms. The number of carbonyl (C=O) groups is 1. The molecular weight excluding hydrogens is 482 g/mol. The molecule has 33 heavy (non-hydrogen) atoms. The smallest absolute Gasteiger partial charge is 0.281 e. The predicted octanol–water partition coefficient (Wildman–Crippen LogP) is 3.93. The highest BCUT2D eigenvalue weighted by atomic mass is 35.5. The van der Waals surface area contributed by atoms with E-state index in [1.807, 2.05) is 4.57 Å². The summed E-state index contributed by atoms with van der Waals surface area (Å²) in [6.07, 6.45) is 2.14. The number of nitrogens with zero attached hydrogens (tertiary/aromatic N) is 5. The Kier molecular flexibility index (Phi) is 6.63. The van der Waals surface area contributed by atoms with E-state index in [2.05, 4.69) is 32.2 Å². The third-order valence-corrected chi connectivity index (χ3v) is 6.10. The molecule has 2 N–H and O–H groups in total. The number of benzene rings is 1. The van der Waals surface area contributed by atoms with Gasteiger partial charge in [0.2, 0.25) is 5.43 Å². The second-order valence-corrected chi connectivity index (χ2v) is 8.63. The average molecular weight is 500 g/mol. The molecule has 0 unspecified atom stereocenters. The second kappa shape index (κ2) is 9.61. The minimum absolute atomic E-state index is 0.260. The van der Waals surface area contributed by atoms with Crippen molar-refractivity contribution in [3.05, 3.63) is 91.3 Å². The van der Waals surface area contributed by atoms with Crippen molar-refractivity contribution in [1.29, 1.82) is 0 Å². The van der Waals surface area contributed by atoms with E-state index in [0.29, 0.717) is 50.8 Å².